The summed E-state index contributed by atoms with van der Waals surface area (Å²) in [5, 5.41) is 10.4. The molecule has 0 unspecified atom stereocenters. The minimum atomic E-state index is 0. The van der Waals surface area contributed by atoms with Crippen molar-refractivity contribution in [1.29, 1.82) is 5.26 Å². The van der Waals surface area contributed by atoms with Gasteiger partial charge >= 0.3 is 0 Å². The Labute approximate surface area is 66.2 Å². The second-order valence-corrected chi connectivity index (χ2v) is 1.41. The van der Waals surface area contributed by atoms with Crippen LogP contribution >= 0.6 is 0 Å². The van der Waals surface area contributed by atoms with Crippen molar-refractivity contribution in [3.05, 3.63) is 0 Å². The Kier molecular flexibility index (Phi) is 9.26. The number of hydrogen-bond donors (Lipinski definition) is 1. The SMILES string of the molecule is CC(C)NC#N.[Na]. The van der Waals surface area contributed by atoms with Crippen LogP contribution in [0.2, 0.25) is 0 Å². The van der Waals surface area contributed by atoms with Crippen molar-refractivity contribution in [2.75, 3.05) is 0 Å². The first kappa shape index (κ1) is 10.3. The average molecular weight is 107 g/mol. The summed E-state index contributed by atoms with van der Waals surface area (Å²) in [6, 6.07) is 0.287. The van der Waals surface area contributed by atoms with Crippen molar-refractivity contribution in [3.8, 4) is 6.19 Å². The van der Waals surface area contributed by atoms with E-state index in [1.165, 1.54) is 0 Å². The molecule has 0 bridgehead atoms. The standard InChI is InChI=1S/C4H8N2.Na/c1-4(2)6-3-5;/h4,6H,1-2H3;. The number of nitrogens with one attached hydrogen (secondary N) is 1. The first-order chi connectivity index (χ1) is 2.77. The molecule has 0 aromatic carbocycles. The fourth-order valence-electron chi connectivity index (χ4n) is 0.129. The number of hydrogen-bond acceptors (Lipinski definition) is 2. The Morgan fingerprint density at radius 1 is 1.57 bits per heavy atom. The van der Waals surface area contributed by atoms with Gasteiger partial charge in [0.1, 0.15) is 0 Å². The molecule has 0 fully saturated rings. The van der Waals surface area contributed by atoms with E-state index in [1.807, 2.05) is 20.0 Å². The summed E-state index contributed by atoms with van der Waals surface area (Å²) in [4.78, 5) is 0. The molecule has 0 aromatic heterocycles. The molecule has 0 heterocycles. The van der Waals surface area contributed by atoms with E-state index in [4.69, 9.17) is 5.26 Å². The number of rotatable bonds is 1. The van der Waals surface area contributed by atoms with Gasteiger partial charge in [-0.05, 0) is 13.8 Å². The van der Waals surface area contributed by atoms with E-state index < -0.39 is 0 Å². The van der Waals surface area contributed by atoms with Crippen LogP contribution in [-0.4, -0.2) is 35.6 Å². The molecule has 0 atom stereocenters. The summed E-state index contributed by atoms with van der Waals surface area (Å²) in [5.74, 6) is 0. The molecule has 0 aromatic rings. The molecular weight excluding hydrogens is 99.0 g/mol. The number of nitriles is 1. The third-order valence-electron chi connectivity index (χ3n) is 0.353. The predicted octanol–water partition coefficient (Wildman–Crippen LogP) is 0.0847. The van der Waals surface area contributed by atoms with E-state index in [0.717, 1.165) is 0 Å². The van der Waals surface area contributed by atoms with Gasteiger partial charge in [0.25, 0.3) is 0 Å². The van der Waals surface area contributed by atoms with E-state index in [0.29, 0.717) is 0 Å². The summed E-state index contributed by atoms with van der Waals surface area (Å²) in [7, 11) is 0. The number of nitrogens with zero attached hydrogens (tertiary/aromatic N) is 1. The van der Waals surface area contributed by atoms with Crippen LogP contribution in [0.25, 0.3) is 0 Å². The Hall–Kier alpha value is 0.290. The summed E-state index contributed by atoms with van der Waals surface area (Å²) in [5.41, 5.74) is 0. The molecule has 0 aliphatic carbocycles. The zero-order valence-electron chi connectivity index (χ0n) is 5.02. The second kappa shape index (κ2) is 6.29. The molecule has 1 N–H and O–H groups in total. The van der Waals surface area contributed by atoms with Gasteiger partial charge in [0.2, 0.25) is 0 Å². The van der Waals surface area contributed by atoms with Crippen molar-refractivity contribution >= 4 is 29.6 Å². The quantitative estimate of drug-likeness (QED) is 0.293. The topological polar surface area (TPSA) is 35.8 Å². The first-order valence-electron chi connectivity index (χ1n) is 1.92. The van der Waals surface area contributed by atoms with Gasteiger partial charge in [-0.25, -0.2) is 0 Å². The minimum Gasteiger partial charge on any atom is -0.321 e. The molecule has 0 aliphatic heterocycles. The normalized spacial score (nSPS) is 6.57. The maximum absolute atomic E-state index is 7.88. The van der Waals surface area contributed by atoms with E-state index >= 15 is 0 Å². The molecule has 7 heavy (non-hydrogen) atoms. The van der Waals surface area contributed by atoms with Gasteiger partial charge < -0.3 is 5.32 Å². The maximum Gasteiger partial charge on any atom is 0.176 e. The van der Waals surface area contributed by atoms with Gasteiger partial charge in [-0.2, -0.15) is 5.26 Å². The zero-order chi connectivity index (χ0) is 4.99. The fourth-order valence-corrected chi connectivity index (χ4v) is 0.129. The molecule has 0 aliphatic rings. The zero-order valence-corrected chi connectivity index (χ0v) is 7.02. The molecule has 0 saturated carbocycles. The van der Waals surface area contributed by atoms with Gasteiger partial charge in [-0.3, -0.25) is 0 Å². The van der Waals surface area contributed by atoms with Crippen molar-refractivity contribution in [3.63, 3.8) is 0 Å². The average Bonchev–Trinajstić information content (AvgIpc) is 1.35. The second-order valence-electron chi connectivity index (χ2n) is 1.41. The summed E-state index contributed by atoms with van der Waals surface area (Å²) < 4.78 is 0. The van der Waals surface area contributed by atoms with Crippen LogP contribution in [0.4, 0.5) is 0 Å². The molecule has 0 saturated heterocycles. The molecule has 0 spiro atoms. The third kappa shape index (κ3) is 10.7. The third-order valence-corrected chi connectivity index (χ3v) is 0.353. The van der Waals surface area contributed by atoms with Crippen LogP contribution in [0, 0.1) is 11.5 Å². The Balaban J connectivity index is 0. The van der Waals surface area contributed by atoms with Gasteiger partial charge in [-0.1, -0.05) is 0 Å². The summed E-state index contributed by atoms with van der Waals surface area (Å²) in [6.07, 6.45) is 1.82. The molecule has 0 rings (SSSR count). The van der Waals surface area contributed by atoms with Crippen LogP contribution in [0.3, 0.4) is 0 Å². The van der Waals surface area contributed by atoms with Crippen LogP contribution in [-0.2, 0) is 0 Å². The van der Waals surface area contributed by atoms with Gasteiger partial charge in [-0.15, -0.1) is 0 Å². The molecule has 35 valence electrons. The van der Waals surface area contributed by atoms with Crippen LogP contribution in [0.5, 0.6) is 0 Å². The fraction of sp³-hybridized carbons (Fsp3) is 0.750. The Morgan fingerprint density at radius 3 is 2.00 bits per heavy atom. The van der Waals surface area contributed by atoms with Gasteiger partial charge in [0.15, 0.2) is 6.19 Å². The van der Waals surface area contributed by atoms with Crippen molar-refractivity contribution in [1.82, 2.24) is 5.32 Å². The van der Waals surface area contributed by atoms with Crippen LogP contribution in [0.15, 0.2) is 0 Å². The van der Waals surface area contributed by atoms with Crippen molar-refractivity contribution in [2.45, 2.75) is 19.9 Å². The van der Waals surface area contributed by atoms with Crippen LogP contribution < -0.4 is 5.32 Å². The van der Waals surface area contributed by atoms with E-state index in [2.05, 4.69) is 5.32 Å². The first-order valence-corrected chi connectivity index (χ1v) is 1.92. The Morgan fingerprint density at radius 2 is 2.00 bits per heavy atom. The molecule has 1 radical (unpaired) electrons. The minimum absolute atomic E-state index is 0. The van der Waals surface area contributed by atoms with Crippen LogP contribution in [0.1, 0.15) is 13.8 Å². The molecule has 0 amide bonds. The van der Waals surface area contributed by atoms with Crippen molar-refractivity contribution < 1.29 is 0 Å². The van der Waals surface area contributed by atoms with E-state index in [1.54, 1.807) is 0 Å². The summed E-state index contributed by atoms with van der Waals surface area (Å²) >= 11 is 0. The Bertz CT molecular complexity index is 64.6. The van der Waals surface area contributed by atoms with Gasteiger partial charge in [0.05, 0.1) is 0 Å². The largest absolute Gasteiger partial charge is 0.321 e. The van der Waals surface area contributed by atoms with E-state index in [9.17, 15) is 0 Å². The molecule has 3 heteroatoms. The maximum atomic E-state index is 7.88. The molecule has 2 nitrogen and oxygen atoms in total. The molecular formula is C4H8N2Na. The van der Waals surface area contributed by atoms with Crippen molar-refractivity contribution in [2.24, 2.45) is 0 Å². The predicted molar refractivity (Wildman–Crippen MR) is 29.6 cm³/mol. The van der Waals surface area contributed by atoms with Gasteiger partial charge in [0, 0.05) is 35.6 Å². The van der Waals surface area contributed by atoms with E-state index in [-0.39, 0.29) is 35.6 Å². The smallest absolute Gasteiger partial charge is 0.176 e. The monoisotopic (exact) mass is 107 g/mol. The summed E-state index contributed by atoms with van der Waals surface area (Å²) in [6.45, 7) is 3.84.